The van der Waals surface area contributed by atoms with Gasteiger partial charge in [0, 0.05) is 93.4 Å². The van der Waals surface area contributed by atoms with Crippen molar-refractivity contribution in [3.8, 4) is 11.3 Å². The number of amides is 3. The van der Waals surface area contributed by atoms with E-state index in [0.29, 0.717) is 132 Å². The number of anilines is 1. The summed E-state index contributed by atoms with van der Waals surface area (Å²) in [6.45, 7) is 12.1. The van der Waals surface area contributed by atoms with Crippen LogP contribution < -0.4 is 21.0 Å². The number of esters is 1. The average molecular weight is 1150 g/mol. The lowest BCUT2D eigenvalue weighted by Gasteiger charge is -2.55. The molecule has 1 spiro atoms. The summed E-state index contributed by atoms with van der Waals surface area (Å²) in [6.07, 6.45) is 5.93. The maximum atomic E-state index is 15.3. The molecule has 8 aliphatic heterocycles. The van der Waals surface area contributed by atoms with Crippen LogP contribution >= 0.6 is 0 Å². The minimum atomic E-state index is -4.63. The molecular weight excluding hydrogens is 1070 g/mol. The molecule has 4 N–H and O–H groups in total. The summed E-state index contributed by atoms with van der Waals surface area (Å²) < 4.78 is 65.4. The second-order valence-electron chi connectivity index (χ2n) is 26.5. The van der Waals surface area contributed by atoms with Gasteiger partial charge < -0.3 is 39.0 Å². The average Bonchev–Trinajstić information content (AvgIpc) is 4.56. The highest BCUT2D eigenvalue weighted by Crippen LogP contribution is 2.45. The van der Waals surface area contributed by atoms with Gasteiger partial charge in [-0.05, 0) is 105 Å². The number of hydrogen-bond acceptors (Lipinski definition) is 15. The predicted molar refractivity (Wildman–Crippen MR) is 304 cm³/mol. The number of halogens is 3. The van der Waals surface area contributed by atoms with Crippen molar-refractivity contribution in [2.24, 2.45) is 17.3 Å². The van der Waals surface area contributed by atoms with E-state index in [-0.39, 0.29) is 67.0 Å². The number of aliphatic hydroxyl groups excluding tert-OH is 1. The molecule has 22 heteroatoms. The number of carbonyl (C=O) groups is 4. The third-order valence-electron chi connectivity index (χ3n) is 19.6. The molecule has 6 saturated heterocycles. The number of carbonyl (C=O) groups excluding carboxylic acids is 4. The lowest BCUT2D eigenvalue weighted by Crippen LogP contribution is -2.73. The smallest absolute Gasteiger partial charge is 0.406 e. The van der Waals surface area contributed by atoms with Crippen molar-refractivity contribution in [1.29, 1.82) is 0 Å². The van der Waals surface area contributed by atoms with Crippen LogP contribution in [0, 0.1) is 17.3 Å². The van der Waals surface area contributed by atoms with Gasteiger partial charge in [-0.2, -0.15) is 13.2 Å². The third-order valence-corrected chi connectivity index (χ3v) is 19.6. The summed E-state index contributed by atoms with van der Waals surface area (Å²) in [4.78, 5) is 74.0. The number of cyclic esters (lactones) is 1. The minimum Gasteiger partial charge on any atom is -0.464 e. The summed E-state index contributed by atoms with van der Waals surface area (Å²) in [6, 6.07) is 5.39. The SMILES string of the molecule is C[C@H](O)c1ncc(N2CCN3CCOC[C@@H]3C2)cc1-c1c2c3cc(ccc3n1CC(F)(F)F)C1=CCCN(C1)C[C@H](NC(=O)[C@H](C1CCCC1)N1CCOC3(CN(C(=O)[C@@H]4N[C@@H]4C4CC4)C3)C1)C(=O)N1CCC[C@H](N1)C(=O)OCC(C)(C)C2. The van der Waals surface area contributed by atoms with Gasteiger partial charge in [-0.3, -0.25) is 49.2 Å². The summed E-state index contributed by atoms with van der Waals surface area (Å²) in [5.41, 5.74) is 6.21. The van der Waals surface area contributed by atoms with Crippen LogP contribution in [-0.2, 0) is 46.4 Å². The van der Waals surface area contributed by atoms with Gasteiger partial charge in [0.15, 0.2) is 0 Å². The van der Waals surface area contributed by atoms with E-state index in [2.05, 4.69) is 41.7 Å². The fourth-order valence-corrected chi connectivity index (χ4v) is 15.2. The Bertz CT molecular complexity index is 3010. The number of nitrogens with one attached hydrogen (secondary N) is 3. The first-order valence-electron chi connectivity index (χ1n) is 30.7. The Balaban J connectivity index is 0.830. The maximum Gasteiger partial charge on any atom is 0.406 e. The highest BCUT2D eigenvalue weighted by Gasteiger charge is 2.58. The molecule has 1 aromatic carbocycles. The number of piperazine rings is 1. The van der Waals surface area contributed by atoms with Crippen molar-refractivity contribution in [3.63, 3.8) is 0 Å². The Labute approximate surface area is 483 Å². The van der Waals surface area contributed by atoms with Gasteiger partial charge in [-0.15, -0.1) is 0 Å². The van der Waals surface area contributed by atoms with Crippen molar-refractivity contribution in [1.82, 2.24) is 50.2 Å². The molecule has 6 bridgehead atoms. The number of aliphatic hydroxyl groups is 1. The molecule has 3 amide bonds. The highest BCUT2D eigenvalue weighted by atomic mass is 19.4. The largest absolute Gasteiger partial charge is 0.464 e. The number of ether oxygens (including phenoxy) is 3. The van der Waals surface area contributed by atoms with E-state index in [9.17, 15) is 14.7 Å². The number of rotatable bonds is 10. The van der Waals surface area contributed by atoms with Gasteiger partial charge in [-0.1, -0.05) is 38.8 Å². The topological polar surface area (TPSA) is 199 Å². The van der Waals surface area contributed by atoms with Gasteiger partial charge >= 0.3 is 12.1 Å². The molecule has 19 nitrogen and oxygen atoms in total. The van der Waals surface area contributed by atoms with Gasteiger partial charge in [0.25, 0.3) is 5.91 Å². The van der Waals surface area contributed by atoms with E-state index in [4.69, 9.17) is 19.2 Å². The van der Waals surface area contributed by atoms with Gasteiger partial charge in [0.05, 0.1) is 81.0 Å². The summed E-state index contributed by atoms with van der Waals surface area (Å²) in [5, 5.41) is 20.2. The number of alkyl halides is 3. The second kappa shape index (κ2) is 22.6. The zero-order valence-corrected chi connectivity index (χ0v) is 48.3. The molecular formula is C61H82F3N11O8. The fourth-order valence-electron chi connectivity index (χ4n) is 15.2. The molecule has 10 aliphatic rings. The first-order valence-corrected chi connectivity index (χ1v) is 30.7. The number of likely N-dealkylation sites (tertiary alicyclic amines) is 1. The fraction of sp³-hybridized carbons (Fsp3) is 0.689. The van der Waals surface area contributed by atoms with E-state index < -0.39 is 53.9 Å². The number of benzene rings is 1. The number of hydrazine groups is 1. The quantitative estimate of drug-likeness (QED) is 0.166. The normalized spacial score (nSPS) is 29.8. The summed E-state index contributed by atoms with van der Waals surface area (Å²) in [7, 11) is 0. The van der Waals surface area contributed by atoms with Gasteiger partial charge in [-0.25, -0.2) is 5.43 Å². The summed E-state index contributed by atoms with van der Waals surface area (Å²) >= 11 is 0. The maximum absolute atomic E-state index is 15.3. The number of pyridine rings is 1. The van der Waals surface area contributed by atoms with Crippen LogP contribution in [0.3, 0.4) is 0 Å². The molecule has 2 aromatic heterocycles. The second-order valence-corrected chi connectivity index (χ2v) is 26.5. The Morgan fingerprint density at radius 2 is 1.77 bits per heavy atom. The molecule has 8 fully saturated rings. The number of hydrogen-bond donors (Lipinski definition) is 4. The van der Waals surface area contributed by atoms with Crippen LogP contribution in [0.25, 0.3) is 27.7 Å². The molecule has 0 radical (unpaired) electrons. The Kier molecular flexibility index (Phi) is 15.5. The van der Waals surface area contributed by atoms with E-state index in [1.54, 1.807) is 19.2 Å². The molecule has 2 saturated carbocycles. The van der Waals surface area contributed by atoms with Crippen LogP contribution in [0.1, 0.15) is 101 Å². The Morgan fingerprint density at radius 3 is 2.55 bits per heavy atom. The minimum absolute atomic E-state index is 0.0614. The zero-order chi connectivity index (χ0) is 57.5. The molecule has 13 rings (SSSR count). The van der Waals surface area contributed by atoms with E-state index in [1.807, 2.05) is 36.9 Å². The lowest BCUT2D eigenvalue weighted by molar-refractivity contribution is -0.197. The predicted octanol–water partition coefficient (Wildman–Crippen LogP) is 4.26. The lowest BCUT2D eigenvalue weighted by atomic mass is 9.84. The first-order chi connectivity index (χ1) is 39.9. The van der Waals surface area contributed by atoms with Gasteiger partial charge in [0.2, 0.25) is 11.8 Å². The molecule has 10 heterocycles. The van der Waals surface area contributed by atoms with Crippen molar-refractivity contribution in [2.75, 3.05) is 110 Å². The van der Waals surface area contributed by atoms with Crippen LogP contribution in [-0.4, -0.2) is 216 Å². The number of fused-ring (bicyclic) bond motifs is 7. The van der Waals surface area contributed by atoms with Crippen molar-refractivity contribution in [3.05, 3.63) is 53.4 Å². The van der Waals surface area contributed by atoms with E-state index in [0.717, 1.165) is 55.6 Å². The Hall–Kier alpha value is -5.20. The molecule has 3 aromatic rings. The molecule has 1 unspecified atom stereocenters. The van der Waals surface area contributed by atoms with E-state index in [1.165, 1.54) is 22.4 Å². The van der Waals surface area contributed by atoms with Crippen molar-refractivity contribution < 1.29 is 51.7 Å². The summed E-state index contributed by atoms with van der Waals surface area (Å²) in [5.74, 6) is -0.343. The van der Waals surface area contributed by atoms with Crippen LogP contribution in [0.2, 0.25) is 0 Å². The molecule has 2 aliphatic carbocycles. The Morgan fingerprint density at radius 1 is 0.952 bits per heavy atom. The zero-order valence-electron chi connectivity index (χ0n) is 48.3. The molecule has 450 valence electrons. The molecule has 83 heavy (non-hydrogen) atoms. The first kappa shape index (κ1) is 56.9. The van der Waals surface area contributed by atoms with Crippen molar-refractivity contribution in [2.45, 2.75) is 146 Å². The number of morpholine rings is 2. The monoisotopic (exact) mass is 1150 g/mol. The third kappa shape index (κ3) is 11.8. The highest BCUT2D eigenvalue weighted by molar-refractivity contribution is 5.95. The van der Waals surface area contributed by atoms with E-state index >= 15 is 22.8 Å². The van der Waals surface area contributed by atoms with Crippen LogP contribution in [0.4, 0.5) is 18.9 Å². The number of aromatic nitrogens is 2. The number of nitrogens with zero attached hydrogens (tertiary/aromatic N) is 8. The van der Waals surface area contributed by atoms with Crippen LogP contribution in [0.5, 0.6) is 0 Å². The van der Waals surface area contributed by atoms with Crippen molar-refractivity contribution >= 4 is 45.9 Å². The molecule has 8 atom stereocenters. The van der Waals surface area contributed by atoms with Gasteiger partial charge in [0.1, 0.15) is 30.3 Å². The van der Waals surface area contributed by atoms with Crippen LogP contribution in [0.15, 0.2) is 36.5 Å². The standard InChI is InChI=1S/C61H82F3N11O8/c1-37(76)50-45(25-42(27-65-50)71-19-18-70-20-22-81-31-43(70)29-71)54-46-26-59(2,3)36-82-58(80)47-11-7-17-75(68-47)56(78)48(30-69-16-6-10-41(28-69)40-14-15-49(44(46)24-40)74(54)35-61(62,63)64)66-55(77)53(39-8-4-5-9-39)72-21-23-83-60(32-72)33-73(34-60)57(79)52-51(67-52)38-12-13-38/h10,14-15,24-25,27,37-39,43,47-48,51-53,67-68,76H,4-9,11-13,16-23,26,28-36H2,1-3H3,(H,66,77)/t37-,43-,47-,48-,51+,52+,53-/m0/s1.